The number of amides is 2. The third-order valence-corrected chi connectivity index (χ3v) is 7.63. The number of aryl methyl sites for hydroxylation is 1. The maximum atomic E-state index is 14.0. The number of rotatable bonds is 7. The molecule has 1 fully saturated rings. The van der Waals surface area contributed by atoms with Crippen molar-refractivity contribution in [3.05, 3.63) is 70.9 Å². The highest BCUT2D eigenvalue weighted by Gasteiger charge is 2.56. The van der Waals surface area contributed by atoms with Gasteiger partial charge in [-0.25, -0.2) is 0 Å². The highest BCUT2D eigenvalue weighted by atomic mass is 16.5. The van der Waals surface area contributed by atoms with Gasteiger partial charge < -0.3 is 19.5 Å². The Kier molecular flexibility index (Phi) is 6.18. The second kappa shape index (κ2) is 9.15. The molecule has 3 aromatic rings. The number of para-hydroxylation sites is 1. The van der Waals surface area contributed by atoms with Crippen molar-refractivity contribution in [1.82, 2.24) is 14.8 Å². The molecule has 1 saturated heterocycles. The molecule has 0 radical (unpaired) electrons. The van der Waals surface area contributed by atoms with Crippen molar-refractivity contribution in [3.8, 4) is 0 Å². The number of nitrogens with zero attached hydrogens (tertiary/aromatic N) is 2. The van der Waals surface area contributed by atoms with Crippen molar-refractivity contribution < 1.29 is 14.3 Å². The number of aromatic amines is 1. The van der Waals surface area contributed by atoms with E-state index in [9.17, 15) is 9.59 Å². The molecule has 2 aromatic carbocycles. The van der Waals surface area contributed by atoms with Gasteiger partial charge >= 0.3 is 0 Å². The van der Waals surface area contributed by atoms with Crippen molar-refractivity contribution in [3.63, 3.8) is 0 Å². The van der Waals surface area contributed by atoms with E-state index in [2.05, 4.69) is 48.3 Å². The summed E-state index contributed by atoms with van der Waals surface area (Å²) in [6.07, 6.45) is 1.84. The predicted octanol–water partition coefficient (Wildman–Crippen LogP) is 4.58. The first-order valence-electron chi connectivity index (χ1n) is 12.8. The lowest BCUT2D eigenvalue weighted by Crippen LogP contribution is -2.67. The van der Waals surface area contributed by atoms with Crippen molar-refractivity contribution >= 4 is 22.7 Å². The van der Waals surface area contributed by atoms with Crippen LogP contribution in [0.1, 0.15) is 62.4 Å². The Hall–Kier alpha value is -3.12. The normalized spacial score (nSPS) is 22.1. The average molecular weight is 474 g/mol. The van der Waals surface area contributed by atoms with E-state index >= 15 is 0 Å². The fourth-order valence-corrected chi connectivity index (χ4v) is 5.72. The molecule has 2 amide bonds. The Morgan fingerprint density at radius 2 is 1.86 bits per heavy atom. The number of ether oxygens (including phenoxy) is 1. The van der Waals surface area contributed by atoms with Gasteiger partial charge in [0.05, 0.1) is 18.3 Å². The van der Waals surface area contributed by atoms with Gasteiger partial charge in [0.2, 0.25) is 5.91 Å². The van der Waals surface area contributed by atoms with Crippen LogP contribution in [-0.4, -0.2) is 58.9 Å². The fourth-order valence-electron chi connectivity index (χ4n) is 5.72. The third kappa shape index (κ3) is 3.94. The number of aromatic nitrogens is 1. The predicted molar refractivity (Wildman–Crippen MR) is 137 cm³/mol. The zero-order chi connectivity index (χ0) is 24.7. The minimum absolute atomic E-state index is 0.00266. The quantitative estimate of drug-likeness (QED) is 0.511. The lowest BCUT2D eigenvalue weighted by molar-refractivity contribution is -0.166. The Morgan fingerprint density at radius 1 is 1.11 bits per heavy atom. The van der Waals surface area contributed by atoms with Crippen LogP contribution in [0.15, 0.2) is 48.5 Å². The molecule has 2 atom stereocenters. The maximum Gasteiger partial charge on any atom is 0.254 e. The number of carbonyl (C=O) groups excluding carboxylic acids is 2. The summed E-state index contributed by atoms with van der Waals surface area (Å²) in [5.74, 6) is -0.0199. The number of nitrogens with one attached hydrogen (secondary N) is 1. The summed E-state index contributed by atoms with van der Waals surface area (Å²) >= 11 is 0. The average Bonchev–Trinajstić information content (AvgIpc) is 3.25. The molecule has 1 N–H and O–H groups in total. The molecule has 1 unspecified atom stereocenters. The molecule has 2 aliphatic heterocycles. The summed E-state index contributed by atoms with van der Waals surface area (Å²) in [7, 11) is 0. The Labute approximate surface area is 207 Å². The van der Waals surface area contributed by atoms with Gasteiger partial charge in [-0.1, -0.05) is 49.4 Å². The van der Waals surface area contributed by atoms with Gasteiger partial charge in [-0.05, 0) is 56.4 Å². The summed E-state index contributed by atoms with van der Waals surface area (Å²) in [5.41, 5.74) is 4.38. The van der Waals surface area contributed by atoms with E-state index in [-0.39, 0.29) is 30.4 Å². The second-order valence-corrected chi connectivity index (χ2v) is 10.2. The van der Waals surface area contributed by atoms with Crippen LogP contribution in [0.25, 0.3) is 10.9 Å². The van der Waals surface area contributed by atoms with Gasteiger partial charge in [0, 0.05) is 36.5 Å². The minimum atomic E-state index is -1.05. The van der Waals surface area contributed by atoms with Crippen molar-refractivity contribution in [2.45, 2.75) is 58.1 Å². The van der Waals surface area contributed by atoms with Crippen LogP contribution in [0, 0.1) is 0 Å². The number of piperazine rings is 1. The Bertz CT molecular complexity index is 1250. The van der Waals surface area contributed by atoms with Crippen LogP contribution in [0.2, 0.25) is 0 Å². The summed E-state index contributed by atoms with van der Waals surface area (Å²) in [6.45, 7) is 9.76. The number of benzene rings is 2. The first kappa shape index (κ1) is 23.6. The van der Waals surface area contributed by atoms with E-state index in [1.54, 1.807) is 4.90 Å². The van der Waals surface area contributed by atoms with Gasteiger partial charge in [0.25, 0.3) is 5.91 Å². The van der Waals surface area contributed by atoms with E-state index in [0.717, 1.165) is 28.6 Å². The second-order valence-electron chi connectivity index (χ2n) is 10.2. The van der Waals surface area contributed by atoms with Crippen molar-refractivity contribution in [2.75, 3.05) is 26.2 Å². The first-order chi connectivity index (χ1) is 16.8. The number of fused-ring (bicyclic) bond motifs is 5. The molecule has 1 aromatic heterocycles. The van der Waals surface area contributed by atoms with E-state index < -0.39 is 5.54 Å². The highest BCUT2D eigenvalue weighted by Crippen LogP contribution is 2.48. The number of H-pyrrole nitrogens is 1. The van der Waals surface area contributed by atoms with Gasteiger partial charge in [-0.2, -0.15) is 0 Å². The van der Waals surface area contributed by atoms with E-state index in [0.29, 0.717) is 26.1 Å². The molecule has 0 saturated carbocycles. The summed E-state index contributed by atoms with van der Waals surface area (Å²) in [6, 6.07) is 16.9. The molecule has 6 heteroatoms. The highest BCUT2D eigenvalue weighted by molar-refractivity contribution is 6.01. The van der Waals surface area contributed by atoms with E-state index in [1.165, 1.54) is 11.1 Å². The molecule has 3 heterocycles. The largest absolute Gasteiger partial charge is 0.379 e. The SMILES string of the molecule is CCc1ccc(C2CN3C(=O)CN(CCCOC(C)C)C(=O)[C@]3(C)c3[nH]c4ccccc4c32)cc1. The maximum absolute atomic E-state index is 14.0. The molecular weight excluding hydrogens is 438 g/mol. The van der Waals surface area contributed by atoms with E-state index in [1.807, 2.05) is 37.8 Å². The van der Waals surface area contributed by atoms with Crippen LogP contribution in [0.3, 0.4) is 0 Å². The van der Waals surface area contributed by atoms with Crippen LogP contribution in [0.5, 0.6) is 0 Å². The lowest BCUT2D eigenvalue weighted by Gasteiger charge is -2.51. The van der Waals surface area contributed by atoms with Crippen LogP contribution < -0.4 is 0 Å². The van der Waals surface area contributed by atoms with Crippen LogP contribution >= 0.6 is 0 Å². The Balaban J connectivity index is 1.57. The lowest BCUT2D eigenvalue weighted by atomic mass is 9.76. The van der Waals surface area contributed by atoms with Gasteiger partial charge in [-0.3, -0.25) is 9.59 Å². The van der Waals surface area contributed by atoms with Gasteiger partial charge in [-0.15, -0.1) is 0 Å². The topological polar surface area (TPSA) is 65.6 Å². The first-order valence-corrected chi connectivity index (χ1v) is 12.8. The molecule has 0 bridgehead atoms. The molecule has 0 aliphatic carbocycles. The minimum Gasteiger partial charge on any atom is -0.379 e. The standard InChI is InChI=1S/C29H35N3O3/c1-5-20-11-13-21(14-12-20)23-17-32-25(33)18-31(15-8-16-35-19(2)3)28(34)29(32,4)27-26(23)22-9-6-7-10-24(22)30-27/h6-7,9-14,19,23,30H,5,8,15-18H2,1-4H3/t23?,29-/m0/s1. The molecule has 5 rings (SSSR count). The zero-order valence-electron chi connectivity index (χ0n) is 21.1. The summed E-state index contributed by atoms with van der Waals surface area (Å²) < 4.78 is 5.66. The smallest absolute Gasteiger partial charge is 0.254 e. The van der Waals surface area contributed by atoms with Gasteiger partial charge in [0.1, 0.15) is 0 Å². The summed E-state index contributed by atoms with van der Waals surface area (Å²) in [5, 5.41) is 1.12. The van der Waals surface area contributed by atoms with Crippen LogP contribution in [-0.2, 0) is 26.3 Å². The Morgan fingerprint density at radius 3 is 2.57 bits per heavy atom. The summed E-state index contributed by atoms with van der Waals surface area (Å²) in [4.78, 5) is 34.6. The van der Waals surface area contributed by atoms with Gasteiger partial charge in [0.15, 0.2) is 5.54 Å². The molecule has 35 heavy (non-hydrogen) atoms. The van der Waals surface area contributed by atoms with Crippen LogP contribution in [0.4, 0.5) is 0 Å². The zero-order valence-corrected chi connectivity index (χ0v) is 21.1. The number of hydrogen-bond donors (Lipinski definition) is 1. The molecule has 6 nitrogen and oxygen atoms in total. The monoisotopic (exact) mass is 473 g/mol. The molecule has 2 aliphatic rings. The molecule has 184 valence electrons. The third-order valence-electron chi connectivity index (χ3n) is 7.63. The number of carbonyl (C=O) groups is 2. The number of hydrogen-bond acceptors (Lipinski definition) is 3. The van der Waals surface area contributed by atoms with Crippen molar-refractivity contribution in [2.24, 2.45) is 0 Å². The molecule has 0 spiro atoms. The fraction of sp³-hybridized carbons (Fsp3) is 0.448. The van der Waals surface area contributed by atoms with Crippen molar-refractivity contribution in [1.29, 1.82) is 0 Å². The van der Waals surface area contributed by atoms with E-state index in [4.69, 9.17) is 4.74 Å². The molecular formula is C29H35N3O3.